The minimum absolute atomic E-state index is 0.132. The fourth-order valence-electron chi connectivity index (χ4n) is 2.60. The van der Waals surface area contributed by atoms with Crippen molar-refractivity contribution in [3.05, 3.63) is 57.6 Å². The number of nitro benzene ring substituents is 1. The Hall–Kier alpha value is -3.62. The number of methoxy groups -OCH3 is 3. The molecule has 0 aliphatic heterocycles. The maximum atomic E-state index is 12.3. The zero-order chi connectivity index (χ0) is 20.7. The zero-order valence-electron chi connectivity index (χ0n) is 16.0. The molecule has 0 saturated carbocycles. The van der Waals surface area contributed by atoms with Crippen LogP contribution in [0, 0.1) is 10.1 Å². The summed E-state index contributed by atoms with van der Waals surface area (Å²) in [5, 5.41) is 15.0. The number of carbonyl (C=O) groups is 1. The number of carbonyl (C=O) groups excluding carboxylic acids is 1. The summed E-state index contributed by atoms with van der Waals surface area (Å²) in [5.41, 5.74) is 3.56. The Morgan fingerprint density at radius 2 is 1.82 bits per heavy atom. The van der Waals surface area contributed by atoms with Crippen molar-refractivity contribution in [3.63, 3.8) is 0 Å². The van der Waals surface area contributed by atoms with Crippen molar-refractivity contribution in [2.24, 2.45) is 5.10 Å². The van der Waals surface area contributed by atoms with Gasteiger partial charge in [-0.15, -0.1) is 0 Å². The third-order valence-electron chi connectivity index (χ3n) is 3.96. The summed E-state index contributed by atoms with van der Waals surface area (Å²) in [7, 11) is 4.51. The highest BCUT2D eigenvalue weighted by molar-refractivity contribution is 6.05. The quantitative estimate of drug-likeness (QED) is 0.423. The van der Waals surface area contributed by atoms with Gasteiger partial charge in [0.2, 0.25) is 5.75 Å². The van der Waals surface area contributed by atoms with Crippen LogP contribution >= 0.6 is 0 Å². The third kappa shape index (κ3) is 4.37. The van der Waals surface area contributed by atoms with Gasteiger partial charge in [-0.2, -0.15) is 5.10 Å². The van der Waals surface area contributed by atoms with Gasteiger partial charge >= 0.3 is 0 Å². The molecule has 0 radical (unpaired) electrons. The van der Waals surface area contributed by atoms with Gasteiger partial charge in [0.1, 0.15) is 0 Å². The maximum Gasteiger partial charge on any atom is 0.271 e. The molecule has 0 fully saturated rings. The molecule has 0 aliphatic carbocycles. The Morgan fingerprint density at radius 3 is 2.39 bits per heavy atom. The SMILES string of the molecule is CCC(=NNC(=O)c1cccc([N+](=O)[O-])c1)c1ccc(OC)c(OC)c1OC. The number of hydrazone groups is 1. The van der Waals surface area contributed by atoms with E-state index in [1.165, 1.54) is 45.6 Å². The summed E-state index contributed by atoms with van der Waals surface area (Å²) >= 11 is 0. The van der Waals surface area contributed by atoms with Crippen molar-refractivity contribution in [2.45, 2.75) is 13.3 Å². The normalized spacial score (nSPS) is 10.9. The number of hydrogen-bond donors (Lipinski definition) is 1. The number of amides is 1. The Balaban J connectivity index is 2.35. The number of nitrogens with zero attached hydrogens (tertiary/aromatic N) is 2. The highest BCUT2D eigenvalue weighted by Crippen LogP contribution is 2.40. The van der Waals surface area contributed by atoms with E-state index in [4.69, 9.17) is 14.2 Å². The van der Waals surface area contributed by atoms with Gasteiger partial charge in [0.25, 0.3) is 11.6 Å². The summed E-state index contributed by atoms with van der Waals surface area (Å²) in [5.74, 6) is 0.772. The van der Waals surface area contributed by atoms with Gasteiger partial charge in [-0.25, -0.2) is 5.43 Å². The smallest absolute Gasteiger partial charge is 0.271 e. The van der Waals surface area contributed by atoms with E-state index in [0.717, 1.165) is 0 Å². The summed E-state index contributed by atoms with van der Waals surface area (Å²) in [4.78, 5) is 22.6. The van der Waals surface area contributed by atoms with E-state index in [9.17, 15) is 14.9 Å². The molecule has 9 heteroatoms. The standard InChI is InChI=1S/C19H21N3O6/c1-5-15(14-9-10-16(26-2)18(28-4)17(14)27-3)20-21-19(23)12-7-6-8-13(11-12)22(24)25/h6-11H,5H2,1-4H3,(H,21,23). The lowest BCUT2D eigenvalue weighted by molar-refractivity contribution is -0.384. The minimum atomic E-state index is -0.563. The molecule has 0 aliphatic rings. The number of nitro groups is 1. The van der Waals surface area contributed by atoms with Crippen LogP contribution in [-0.4, -0.2) is 37.9 Å². The van der Waals surface area contributed by atoms with Crippen LogP contribution in [0.3, 0.4) is 0 Å². The molecule has 9 nitrogen and oxygen atoms in total. The lowest BCUT2D eigenvalue weighted by Crippen LogP contribution is -2.20. The molecule has 0 spiro atoms. The number of ether oxygens (including phenoxy) is 3. The monoisotopic (exact) mass is 387 g/mol. The molecule has 28 heavy (non-hydrogen) atoms. The molecule has 1 amide bonds. The topological polar surface area (TPSA) is 112 Å². The second-order valence-corrected chi connectivity index (χ2v) is 5.54. The molecular formula is C19H21N3O6. The Labute approximate surface area is 162 Å². The number of non-ortho nitro benzene ring substituents is 1. The Bertz CT molecular complexity index is 911. The summed E-state index contributed by atoms with van der Waals surface area (Å²) < 4.78 is 16.1. The van der Waals surface area contributed by atoms with Crippen LogP contribution in [-0.2, 0) is 0 Å². The van der Waals surface area contributed by atoms with E-state index in [1.807, 2.05) is 6.92 Å². The molecule has 0 aromatic heterocycles. The second-order valence-electron chi connectivity index (χ2n) is 5.54. The average Bonchev–Trinajstić information content (AvgIpc) is 2.73. The Kier molecular flexibility index (Phi) is 6.91. The predicted octanol–water partition coefficient (Wildman–Crippen LogP) is 3.16. The number of hydrogen-bond acceptors (Lipinski definition) is 7. The van der Waals surface area contributed by atoms with Gasteiger partial charge in [0.15, 0.2) is 11.5 Å². The van der Waals surface area contributed by atoms with Crippen LogP contribution in [0.1, 0.15) is 29.3 Å². The maximum absolute atomic E-state index is 12.3. The van der Waals surface area contributed by atoms with Crippen molar-refractivity contribution in [2.75, 3.05) is 21.3 Å². The van der Waals surface area contributed by atoms with Gasteiger partial charge in [-0.05, 0) is 24.6 Å². The van der Waals surface area contributed by atoms with Crippen LogP contribution in [0.4, 0.5) is 5.69 Å². The minimum Gasteiger partial charge on any atom is -0.493 e. The lowest BCUT2D eigenvalue weighted by Gasteiger charge is -2.16. The van der Waals surface area contributed by atoms with Crippen LogP contribution in [0.15, 0.2) is 41.5 Å². The molecule has 0 atom stereocenters. The van der Waals surface area contributed by atoms with E-state index < -0.39 is 10.8 Å². The summed E-state index contributed by atoms with van der Waals surface area (Å²) in [6.07, 6.45) is 0.487. The summed E-state index contributed by atoms with van der Waals surface area (Å²) in [6.45, 7) is 1.87. The molecule has 0 unspecified atom stereocenters. The van der Waals surface area contributed by atoms with Gasteiger partial charge in [-0.3, -0.25) is 14.9 Å². The van der Waals surface area contributed by atoms with Crippen molar-refractivity contribution in [1.82, 2.24) is 5.43 Å². The second kappa shape index (κ2) is 9.36. The first kappa shape index (κ1) is 20.7. The predicted molar refractivity (Wildman–Crippen MR) is 103 cm³/mol. The first-order valence-electron chi connectivity index (χ1n) is 8.37. The van der Waals surface area contributed by atoms with Gasteiger partial charge in [0, 0.05) is 23.3 Å². The van der Waals surface area contributed by atoms with Crippen molar-refractivity contribution in [3.8, 4) is 17.2 Å². The fourth-order valence-corrected chi connectivity index (χ4v) is 2.60. The molecule has 0 saturated heterocycles. The molecule has 2 aromatic carbocycles. The average molecular weight is 387 g/mol. The molecular weight excluding hydrogens is 366 g/mol. The molecule has 1 N–H and O–H groups in total. The molecule has 0 heterocycles. The van der Waals surface area contributed by atoms with Crippen molar-refractivity contribution >= 4 is 17.3 Å². The fraction of sp³-hybridized carbons (Fsp3) is 0.263. The van der Waals surface area contributed by atoms with Crippen molar-refractivity contribution < 1.29 is 23.9 Å². The van der Waals surface area contributed by atoms with Crippen LogP contribution in [0.2, 0.25) is 0 Å². The number of nitrogens with one attached hydrogen (secondary N) is 1. The zero-order valence-corrected chi connectivity index (χ0v) is 16.0. The largest absolute Gasteiger partial charge is 0.493 e. The first-order valence-corrected chi connectivity index (χ1v) is 8.37. The van der Waals surface area contributed by atoms with Crippen LogP contribution in [0.5, 0.6) is 17.2 Å². The van der Waals surface area contributed by atoms with Crippen molar-refractivity contribution in [1.29, 1.82) is 0 Å². The molecule has 0 bridgehead atoms. The lowest BCUT2D eigenvalue weighted by atomic mass is 10.1. The molecule has 2 aromatic rings. The third-order valence-corrected chi connectivity index (χ3v) is 3.96. The molecule has 2 rings (SSSR count). The van der Waals surface area contributed by atoms with E-state index in [0.29, 0.717) is 34.9 Å². The van der Waals surface area contributed by atoms with Crippen LogP contribution in [0.25, 0.3) is 0 Å². The summed E-state index contributed by atoms with van der Waals surface area (Å²) in [6, 6.07) is 8.88. The van der Waals surface area contributed by atoms with E-state index in [2.05, 4.69) is 10.5 Å². The highest BCUT2D eigenvalue weighted by atomic mass is 16.6. The van der Waals surface area contributed by atoms with E-state index in [-0.39, 0.29) is 11.3 Å². The Morgan fingerprint density at radius 1 is 1.11 bits per heavy atom. The number of rotatable bonds is 8. The molecule has 148 valence electrons. The van der Waals surface area contributed by atoms with E-state index >= 15 is 0 Å². The van der Waals surface area contributed by atoms with Gasteiger partial charge < -0.3 is 14.2 Å². The van der Waals surface area contributed by atoms with Gasteiger partial charge in [0.05, 0.1) is 32.0 Å². The van der Waals surface area contributed by atoms with Crippen LogP contribution < -0.4 is 19.6 Å². The highest BCUT2D eigenvalue weighted by Gasteiger charge is 2.19. The first-order chi connectivity index (χ1) is 13.5. The number of benzene rings is 2. The van der Waals surface area contributed by atoms with E-state index in [1.54, 1.807) is 12.1 Å². The van der Waals surface area contributed by atoms with Gasteiger partial charge in [-0.1, -0.05) is 13.0 Å².